The molecule has 3 rings (SSSR count). The van der Waals surface area contributed by atoms with Crippen LogP contribution in [0.4, 0.5) is 0 Å². The summed E-state index contributed by atoms with van der Waals surface area (Å²) in [6.45, 7) is 4.12. The summed E-state index contributed by atoms with van der Waals surface area (Å²) < 4.78 is 24.0. The lowest BCUT2D eigenvalue weighted by atomic mass is 10.0. The maximum Gasteiger partial charge on any atom is 0.411 e. The van der Waals surface area contributed by atoms with E-state index in [-0.39, 0.29) is 0 Å². The number of halogens is 1. The summed E-state index contributed by atoms with van der Waals surface area (Å²) >= 11 is 6.06. The fourth-order valence-electron chi connectivity index (χ4n) is 2.34. The highest BCUT2D eigenvalue weighted by Gasteiger charge is 2.37. The fraction of sp³-hybridized carbons (Fsp3) is 0.200. The summed E-state index contributed by atoms with van der Waals surface area (Å²) in [5.41, 5.74) is 2.80. The highest BCUT2D eigenvalue weighted by atomic mass is 35.5. The third kappa shape index (κ3) is 2.16. The van der Waals surface area contributed by atoms with E-state index in [1.807, 2.05) is 31.2 Å². The molecule has 0 saturated heterocycles. The van der Waals surface area contributed by atoms with Gasteiger partial charge in [-0.3, -0.25) is 4.52 Å². The SMILES string of the molecule is CCOP1(=O)Oc2ccc(Cl)cc2-c2cc(C)ccc21. The summed E-state index contributed by atoms with van der Waals surface area (Å²) in [6, 6.07) is 11.0. The first-order chi connectivity index (χ1) is 9.53. The van der Waals surface area contributed by atoms with Gasteiger partial charge in [0, 0.05) is 16.1 Å². The first kappa shape index (κ1) is 13.7. The molecule has 0 fully saturated rings. The van der Waals surface area contributed by atoms with Crippen LogP contribution < -0.4 is 9.83 Å². The van der Waals surface area contributed by atoms with Gasteiger partial charge in [0.15, 0.2) is 0 Å². The Morgan fingerprint density at radius 1 is 1.20 bits per heavy atom. The molecule has 0 spiro atoms. The molecule has 1 aliphatic rings. The number of rotatable bonds is 2. The number of aryl methyl sites for hydroxylation is 1. The first-order valence-electron chi connectivity index (χ1n) is 6.39. The number of benzene rings is 2. The zero-order valence-electron chi connectivity index (χ0n) is 11.2. The van der Waals surface area contributed by atoms with E-state index in [2.05, 4.69) is 0 Å². The van der Waals surface area contributed by atoms with Crippen LogP contribution in [-0.2, 0) is 9.09 Å². The summed E-state index contributed by atoms with van der Waals surface area (Å²) in [5, 5.41) is 1.22. The Bertz CT molecular complexity index is 727. The second-order valence-electron chi connectivity index (χ2n) is 4.67. The molecule has 20 heavy (non-hydrogen) atoms. The van der Waals surface area contributed by atoms with Crippen LogP contribution in [0.2, 0.25) is 5.02 Å². The predicted molar refractivity (Wildman–Crippen MR) is 81.1 cm³/mol. The van der Waals surface area contributed by atoms with Gasteiger partial charge in [0.1, 0.15) is 5.75 Å². The summed E-state index contributed by atoms with van der Waals surface area (Å²) in [5.74, 6) is 0.546. The standard InChI is InChI=1S/C15H14ClO3P/c1-3-18-20(17)15-7-4-10(2)8-13(15)12-9-11(16)5-6-14(12)19-20/h4-9H,3H2,1-2H3. The molecule has 0 radical (unpaired) electrons. The van der Waals surface area contributed by atoms with Crippen molar-refractivity contribution in [1.29, 1.82) is 0 Å². The van der Waals surface area contributed by atoms with Gasteiger partial charge in [-0.05, 0) is 38.1 Å². The van der Waals surface area contributed by atoms with Gasteiger partial charge in [-0.2, -0.15) is 0 Å². The number of fused-ring (bicyclic) bond motifs is 3. The third-order valence-corrected chi connectivity index (χ3v) is 5.45. The van der Waals surface area contributed by atoms with Gasteiger partial charge in [-0.1, -0.05) is 29.3 Å². The second-order valence-corrected chi connectivity index (χ2v) is 7.02. The van der Waals surface area contributed by atoms with Crippen molar-refractivity contribution in [3.05, 3.63) is 47.0 Å². The second kappa shape index (κ2) is 4.92. The van der Waals surface area contributed by atoms with E-state index in [1.54, 1.807) is 19.1 Å². The zero-order valence-corrected chi connectivity index (χ0v) is 12.9. The molecular weight excluding hydrogens is 295 g/mol. The van der Waals surface area contributed by atoms with E-state index >= 15 is 0 Å². The van der Waals surface area contributed by atoms with Crippen LogP contribution in [0.5, 0.6) is 5.75 Å². The van der Waals surface area contributed by atoms with E-state index in [0.29, 0.717) is 22.7 Å². The highest BCUT2D eigenvalue weighted by molar-refractivity contribution is 7.63. The third-order valence-electron chi connectivity index (χ3n) is 3.20. The molecule has 0 amide bonds. The molecule has 2 aromatic carbocycles. The van der Waals surface area contributed by atoms with Crippen molar-refractivity contribution in [2.24, 2.45) is 0 Å². The van der Waals surface area contributed by atoms with Gasteiger partial charge in [-0.15, -0.1) is 0 Å². The molecule has 0 N–H and O–H groups in total. The van der Waals surface area contributed by atoms with Crippen LogP contribution in [0.1, 0.15) is 12.5 Å². The molecule has 2 aromatic rings. The van der Waals surface area contributed by atoms with Gasteiger partial charge in [0.2, 0.25) is 0 Å². The maximum atomic E-state index is 12.9. The van der Waals surface area contributed by atoms with E-state index in [9.17, 15) is 4.57 Å². The molecule has 0 saturated carbocycles. The van der Waals surface area contributed by atoms with Crippen LogP contribution >= 0.6 is 19.2 Å². The van der Waals surface area contributed by atoms with E-state index in [0.717, 1.165) is 16.7 Å². The molecule has 0 bridgehead atoms. The molecule has 104 valence electrons. The summed E-state index contributed by atoms with van der Waals surface area (Å²) in [7, 11) is -3.31. The topological polar surface area (TPSA) is 35.5 Å². The Labute approximate surface area is 123 Å². The van der Waals surface area contributed by atoms with Crippen molar-refractivity contribution in [3.8, 4) is 16.9 Å². The van der Waals surface area contributed by atoms with E-state index in [4.69, 9.17) is 20.6 Å². The minimum atomic E-state index is -3.31. The Balaban J connectivity index is 2.29. The average molecular weight is 309 g/mol. The molecular formula is C15H14ClO3P. The first-order valence-corrected chi connectivity index (χ1v) is 8.31. The van der Waals surface area contributed by atoms with Crippen LogP contribution in [0, 0.1) is 6.92 Å². The van der Waals surface area contributed by atoms with Crippen molar-refractivity contribution < 1.29 is 13.6 Å². The number of hydrogen-bond acceptors (Lipinski definition) is 3. The Morgan fingerprint density at radius 2 is 2.00 bits per heavy atom. The lowest BCUT2D eigenvalue weighted by Gasteiger charge is -2.28. The molecule has 0 aliphatic carbocycles. The van der Waals surface area contributed by atoms with Gasteiger partial charge in [-0.25, -0.2) is 4.57 Å². The lowest BCUT2D eigenvalue weighted by Crippen LogP contribution is -2.19. The quantitative estimate of drug-likeness (QED) is 0.763. The maximum absolute atomic E-state index is 12.9. The largest absolute Gasteiger partial charge is 0.421 e. The van der Waals surface area contributed by atoms with Crippen molar-refractivity contribution in [2.45, 2.75) is 13.8 Å². The summed E-state index contributed by atoms with van der Waals surface area (Å²) in [6.07, 6.45) is 0. The smallest absolute Gasteiger partial charge is 0.411 e. The van der Waals surface area contributed by atoms with Gasteiger partial charge < -0.3 is 4.52 Å². The zero-order chi connectivity index (χ0) is 14.3. The van der Waals surface area contributed by atoms with Crippen LogP contribution in [0.15, 0.2) is 36.4 Å². The van der Waals surface area contributed by atoms with Crippen molar-refractivity contribution in [2.75, 3.05) is 6.61 Å². The lowest BCUT2D eigenvalue weighted by molar-refractivity contribution is 0.288. The van der Waals surface area contributed by atoms with Crippen LogP contribution in [0.25, 0.3) is 11.1 Å². The van der Waals surface area contributed by atoms with Gasteiger partial charge in [0.05, 0.1) is 11.9 Å². The van der Waals surface area contributed by atoms with Gasteiger partial charge in [0.25, 0.3) is 0 Å². The summed E-state index contributed by atoms with van der Waals surface area (Å²) in [4.78, 5) is 0. The van der Waals surface area contributed by atoms with Crippen LogP contribution in [0.3, 0.4) is 0 Å². The average Bonchev–Trinajstić information content (AvgIpc) is 2.40. The van der Waals surface area contributed by atoms with Crippen molar-refractivity contribution >= 4 is 24.5 Å². The van der Waals surface area contributed by atoms with Crippen molar-refractivity contribution in [1.82, 2.24) is 0 Å². The van der Waals surface area contributed by atoms with Gasteiger partial charge >= 0.3 is 7.60 Å². The fourth-order valence-corrected chi connectivity index (χ4v) is 4.30. The molecule has 1 heterocycles. The Kier molecular flexibility index (Phi) is 3.37. The Hall–Kier alpha value is -1.28. The van der Waals surface area contributed by atoms with Crippen LogP contribution in [-0.4, -0.2) is 6.61 Å². The minimum Gasteiger partial charge on any atom is -0.421 e. The molecule has 5 heteroatoms. The molecule has 1 atom stereocenters. The predicted octanol–water partition coefficient (Wildman–Crippen LogP) is 4.56. The molecule has 1 unspecified atom stereocenters. The minimum absolute atomic E-state index is 0.327. The van der Waals surface area contributed by atoms with E-state index in [1.165, 1.54) is 0 Å². The monoisotopic (exact) mass is 308 g/mol. The van der Waals surface area contributed by atoms with Crippen molar-refractivity contribution in [3.63, 3.8) is 0 Å². The Morgan fingerprint density at radius 3 is 2.75 bits per heavy atom. The normalized spacial score (nSPS) is 19.9. The number of hydrogen-bond donors (Lipinski definition) is 0. The van der Waals surface area contributed by atoms with E-state index < -0.39 is 7.60 Å². The molecule has 1 aliphatic heterocycles. The molecule has 0 aromatic heterocycles. The highest BCUT2D eigenvalue weighted by Crippen LogP contribution is 2.55. The molecule has 3 nitrogen and oxygen atoms in total.